The van der Waals surface area contributed by atoms with Gasteiger partial charge in [-0.1, -0.05) is 18.3 Å². The lowest BCUT2D eigenvalue weighted by atomic mass is 9.93. The van der Waals surface area contributed by atoms with Crippen molar-refractivity contribution in [2.24, 2.45) is 0 Å². The third-order valence-corrected chi connectivity index (χ3v) is 10.8. The molecule has 0 saturated carbocycles. The summed E-state index contributed by atoms with van der Waals surface area (Å²) in [5, 5.41) is 3.78. The van der Waals surface area contributed by atoms with Gasteiger partial charge >= 0.3 is 11.9 Å². The smallest absolute Gasteiger partial charge is 0.417 e. The number of nitrogens with zero attached hydrogens (tertiary/aromatic N) is 6. The average molecular weight is 659 g/mol. The van der Waals surface area contributed by atoms with Crippen LogP contribution in [-0.2, 0) is 6.18 Å². The SMILES string of the molecule is CCN1CCN(C[C@H]2COc3c(-c4ccc(F)c5sc(N)nc45)c(C(F)(F)F)cc4c(N5CC6CCC(C5)N6)nc(=O)n2c34)CC1. The molecule has 0 amide bonds. The number of ether oxygens (including phenoxy) is 1. The molecule has 3 saturated heterocycles. The van der Waals surface area contributed by atoms with Gasteiger partial charge in [-0.3, -0.25) is 9.47 Å². The van der Waals surface area contributed by atoms with Crippen molar-refractivity contribution in [2.75, 3.05) is 69.6 Å². The molecule has 6 heterocycles. The molecule has 3 atom stereocenters. The summed E-state index contributed by atoms with van der Waals surface area (Å²) in [5.74, 6) is -0.469. The highest BCUT2D eigenvalue weighted by molar-refractivity contribution is 7.22. The monoisotopic (exact) mass is 658 g/mol. The number of thiazole rings is 1. The standard InChI is InChI=1S/C31H34F4N8O2S/c1-2-40-7-9-41(10-8-40)14-18-15-45-26-23(19-5-6-22(32)27-24(19)38-29(36)46-27)21(31(33,34)35)11-20-25(26)43(18)30(44)39-28(20)42-12-16-3-4-17(13-42)37-16/h5-6,11,16-18,37H,2-4,7-10,12-15H2,1H3,(H2,36,38)/t16?,17?,18-/m0/s1. The van der Waals surface area contributed by atoms with Gasteiger partial charge in [0.15, 0.2) is 10.9 Å². The molecule has 244 valence electrons. The summed E-state index contributed by atoms with van der Waals surface area (Å²) >= 11 is 0.869. The van der Waals surface area contributed by atoms with Crippen molar-refractivity contribution < 1.29 is 22.3 Å². The van der Waals surface area contributed by atoms with Crippen molar-refractivity contribution in [1.82, 2.24) is 29.7 Å². The zero-order chi connectivity index (χ0) is 31.9. The molecular formula is C31H34F4N8O2S. The van der Waals surface area contributed by atoms with Crippen molar-refractivity contribution in [2.45, 2.75) is 44.1 Å². The maximum absolute atomic E-state index is 15.1. The van der Waals surface area contributed by atoms with Crippen molar-refractivity contribution in [3.8, 4) is 16.9 Å². The van der Waals surface area contributed by atoms with Crippen LogP contribution < -0.4 is 26.4 Å². The number of fused-ring (bicyclic) bond motifs is 3. The van der Waals surface area contributed by atoms with Gasteiger partial charge in [-0.25, -0.2) is 14.2 Å². The van der Waals surface area contributed by atoms with Crippen LogP contribution in [0.5, 0.6) is 5.75 Å². The number of aromatic nitrogens is 3. The van der Waals surface area contributed by atoms with Gasteiger partial charge in [-0.15, -0.1) is 0 Å². The molecule has 4 aliphatic rings. The minimum Gasteiger partial charge on any atom is -0.488 e. The van der Waals surface area contributed by atoms with E-state index >= 15 is 13.2 Å². The third kappa shape index (κ3) is 4.90. The highest BCUT2D eigenvalue weighted by Crippen LogP contribution is 2.51. The number of benzene rings is 2. The average Bonchev–Trinajstić information content (AvgIpc) is 3.60. The number of nitrogens with one attached hydrogen (secondary N) is 1. The fourth-order valence-corrected chi connectivity index (χ4v) is 8.47. The molecule has 0 aliphatic carbocycles. The summed E-state index contributed by atoms with van der Waals surface area (Å²) in [6, 6.07) is 3.36. The molecule has 0 spiro atoms. The lowest BCUT2D eigenvalue weighted by Gasteiger charge is -2.39. The largest absolute Gasteiger partial charge is 0.488 e. The Balaban J connectivity index is 1.37. The van der Waals surface area contributed by atoms with E-state index in [0.717, 1.165) is 69.0 Å². The summed E-state index contributed by atoms with van der Waals surface area (Å²) in [6.45, 7) is 8.01. The molecule has 3 fully saturated rings. The summed E-state index contributed by atoms with van der Waals surface area (Å²) in [5.41, 5.74) is 4.48. The Bertz CT molecular complexity index is 1890. The maximum Gasteiger partial charge on any atom is 0.417 e. The van der Waals surface area contributed by atoms with E-state index in [0.29, 0.717) is 19.6 Å². The van der Waals surface area contributed by atoms with Gasteiger partial charge in [0, 0.05) is 74.4 Å². The summed E-state index contributed by atoms with van der Waals surface area (Å²) in [4.78, 5) is 29.4. The van der Waals surface area contributed by atoms with Gasteiger partial charge in [0.05, 0.1) is 27.3 Å². The molecule has 4 aromatic rings. The van der Waals surface area contributed by atoms with Crippen LogP contribution in [0.3, 0.4) is 0 Å². The van der Waals surface area contributed by atoms with Crippen LogP contribution in [0.2, 0.25) is 0 Å². The second-order valence-electron chi connectivity index (χ2n) is 12.7. The number of nitrogen functional groups attached to an aromatic ring is 1. The number of alkyl halides is 3. The summed E-state index contributed by atoms with van der Waals surface area (Å²) in [7, 11) is 0. The van der Waals surface area contributed by atoms with Gasteiger partial charge in [-0.2, -0.15) is 18.2 Å². The number of nitrogens with two attached hydrogens (primary N) is 1. The maximum atomic E-state index is 15.1. The normalized spacial score (nSPS) is 23.8. The highest BCUT2D eigenvalue weighted by Gasteiger charge is 2.42. The van der Waals surface area contributed by atoms with E-state index in [-0.39, 0.29) is 67.6 Å². The van der Waals surface area contributed by atoms with E-state index in [2.05, 4.69) is 32.0 Å². The van der Waals surface area contributed by atoms with Gasteiger partial charge in [-0.05, 0) is 37.6 Å². The lowest BCUT2D eigenvalue weighted by Crippen LogP contribution is -2.52. The molecule has 46 heavy (non-hydrogen) atoms. The van der Waals surface area contributed by atoms with E-state index in [1.54, 1.807) is 0 Å². The fourth-order valence-electron chi connectivity index (χ4n) is 7.71. The molecular weight excluding hydrogens is 624 g/mol. The molecule has 10 nitrogen and oxygen atoms in total. The van der Waals surface area contributed by atoms with Gasteiger partial charge < -0.3 is 25.6 Å². The Morgan fingerprint density at radius 3 is 2.50 bits per heavy atom. The first kappa shape index (κ1) is 29.8. The van der Waals surface area contributed by atoms with E-state index in [1.165, 1.54) is 10.6 Å². The van der Waals surface area contributed by atoms with Gasteiger partial charge in [0.1, 0.15) is 18.2 Å². The molecule has 0 radical (unpaired) electrons. The summed E-state index contributed by atoms with van der Waals surface area (Å²) in [6.07, 6.45) is -2.91. The lowest BCUT2D eigenvalue weighted by molar-refractivity contribution is -0.137. The Kier molecular flexibility index (Phi) is 7.16. The molecule has 2 unspecified atom stereocenters. The topological polar surface area (TPSA) is 105 Å². The number of likely N-dealkylation sites (N-methyl/N-ethyl adjacent to an activating group) is 1. The van der Waals surface area contributed by atoms with E-state index in [1.807, 2.05) is 4.90 Å². The van der Waals surface area contributed by atoms with Crippen molar-refractivity contribution in [3.63, 3.8) is 0 Å². The summed E-state index contributed by atoms with van der Waals surface area (Å²) < 4.78 is 68.1. The van der Waals surface area contributed by atoms with Crippen LogP contribution in [0.25, 0.3) is 32.2 Å². The second-order valence-corrected chi connectivity index (χ2v) is 13.7. The Morgan fingerprint density at radius 1 is 1.09 bits per heavy atom. The van der Waals surface area contributed by atoms with Crippen molar-refractivity contribution >= 4 is 43.4 Å². The highest BCUT2D eigenvalue weighted by atomic mass is 32.1. The zero-order valence-corrected chi connectivity index (χ0v) is 26.1. The molecule has 3 N–H and O–H groups in total. The first-order valence-corrected chi connectivity index (χ1v) is 16.5. The van der Waals surface area contributed by atoms with Crippen LogP contribution in [0.15, 0.2) is 23.0 Å². The molecule has 2 aromatic heterocycles. The fraction of sp³-hybridized carbons (Fsp3) is 0.516. The predicted octanol–water partition coefficient (Wildman–Crippen LogP) is 3.92. The molecule has 4 aliphatic heterocycles. The van der Waals surface area contributed by atoms with Crippen LogP contribution in [-0.4, -0.2) is 95.4 Å². The second kappa shape index (κ2) is 11.0. The number of anilines is 2. The van der Waals surface area contributed by atoms with Crippen LogP contribution in [0.4, 0.5) is 28.5 Å². The number of hydrogen-bond donors (Lipinski definition) is 2. The van der Waals surface area contributed by atoms with Gasteiger partial charge in [0.2, 0.25) is 0 Å². The first-order valence-electron chi connectivity index (χ1n) is 15.7. The van der Waals surface area contributed by atoms with Crippen molar-refractivity contribution in [3.05, 3.63) is 40.1 Å². The Morgan fingerprint density at radius 2 is 1.80 bits per heavy atom. The van der Waals surface area contributed by atoms with E-state index in [4.69, 9.17) is 10.5 Å². The number of piperazine rings is 2. The number of hydrogen-bond acceptors (Lipinski definition) is 10. The minimum absolute atomic E-state index is 0.0185. The molecule has 15 heteroatoms. The molecule has 8 rings (SSSR count). The molecule has 2 bridgehead atoms. The van der Waals surface area contributed by atoms with Gasteiger partial charge in [0.25, 0.3) is 0 Å². The number of halogens is 4. The zero-order valence-electron chi connectivity index (χ0n) is 25.2. The predicted molar refractivity (Wildman–Crippen MR) is 169 cm³/mol. The third-order valence-electron chi connectivity index (χ3n) is 9.91. The van der Waals surface area contributed by atoms with Crippen LogP contribution in [0, 0.1) is 5.82 Å². The Labute approximate surface area is 265 Å². The Hall–Kier alpha value is -3.53. The van der Waals surface area contributed by atoms with E-state index in [9.17, 15) is 9.18 Å². The van der Waals surface area contributed by atoms with Crippen LogP contribution >= 0.6 is 11.3 Å². The van der Waals surface area contributed by atoms with E-state index < -0.39 is 29.3 Å². The first-order chi connectivity index (χ1) is 22.1. The molecule has 2 aromatic carbocycles. The minimum atomic E-state index is -4.82. The van der Waals surface area contributed by atoms with Crippen LogP contribution in [0.1, 0.15) is 31.4 Å². The quantitative estimate of drug-likeness (QED) is 0.309. The number of rotatable bonds is 5. The van der Waals surface area contributed by atoms with Crippen molar-refractivity contribution in [1.29, 1.82) is 0 Å².